The summed E-state index contributed by atoms with van der Waals surface area (Å²) in [6.07, 6.45) is -0.229. The summed E-state index contributed by atoms with van der Waals surface area (Å²) in [4.78, 5) is 2.22. The highest BCUT2D eigenvalue weighted by molar-refractivity contribution is 5.95. The van der Waals surface area contributed by atoms with Crippen molar-refractivity contribution < 1.29 is 21.1 Å². The Morgan fingerprint density at radius 1 is 1.00 bits per heavy atom. The molecule has 3 aromatic rings. The molecule has 5 heteroatoms. The van der Waals surface area contributed by atoms with Gasteiger partial charge in [0.15, 0.2) is 0 Å². The van der Waals surface area contributed by atoms with Crippen LogP contribution >= 0.6 is 0 Å². The van der Waals surface area contributed by atoms with Crippen LogP contribution in [-0.2, 0) is 0 Å². The third kappa shape index (κ3) is 4.29. The third-order valence-corrected chi connectivity index (χ3v) is 6.24. The molecule has 1 saturated heterocycles. The first-order chi connectivity index (χ1) is 16.3. The first-order valence-electron chi connectivity index (χ1n) is 11.9. The maximum absolute atomic E-state index is 10.0. The van der Waals surface area contributed by atoms with Gasteiger partial charge in [-0.1, -0.05) is 31.2 Å². The van der Waals surface area contributed by atoms with Gasteiger partial charge >= 0.3 is 0 Å². The normalized spacial score (nSPS) is 19.8. The van der Waals surface area contributed by atoms with E-state index in [1.54, 1.807) is 24.3 Å². The number of hydrogen-bond donors (Lipinski definition) is 2. The van der Waals surface area contributed by atoms with E-state index >= 15 is 0 Å². The highest BCUT2D eigenvalue weighted by Crippen LogP contribution is 2.47. The van der Waals surface area contributed by atoms with Crippen LogP contribution < -0.4 is 9.47 Å². The fourth-order valence-electron chi connectivity index (χ4n) is 4.56. The molecule has 0 amide bonds. The number of aromatic hydroxyl groups is 2. The van der Waals surface area contributed by atoms with E-state index in [4.69, 9.17) is 10.8 Å². The van der Waals surface area contributed by atoms with Crippen molar-refractivity contribution in [2.24, 2.45) is 0 Å². The second-order valence-electron chi connectivity index (χ2n) is 8.68. The van der Waals surface area contributed by atoms with E-state index in [1.807, 2.05) is 49.4 Å². The van der Waals surface area contributed by atoms with Gasteiger partial charge in [0, 0.05) is 30.3 Å². The number of nitrogens with zero attached hydrogens (tertiary/aromatic N) is 1. The van der Waals surface area contributed by atoms with Gasteiger partial charge < -0.3 is 19.7 Å². The van der Waals surface area contributed by atoms with Gasteiger partial charge in [-0.2, -0.15) is 0 Å². The van der Waals surface area contributed by atoms with Crippen molar-refractivity contribution in [2.45, 2.75) is 32.5 Å². The second kappa shape index (κ2) is 8.83. The summed E-state index contributed by atoms with van der Waals surface area (Å²) in [6.45, 7) is 6.40. The molecule has 5 rings (SSSR count). The minimum Gasteiger partial charge on any atom is -0.508 e. The van der Waals surface area contributed by atoms with E-state index in [9.17, 15) is 10.2 Å². The third-order valence-electron chi connectivity index (χ3n) is 6.24. The Balaban J connectivity index is 1.45. The Kier molecular flexibility index (Phi) is 5.40. The quantitative estimate of drug-likeness (QED) is 0.516. The molecule has 0 aromatic heterocycles. The molecule has 0 bridgehead atoms. The predicted octanol–water partition coefficient (Wildman–Crippen LogP) is 5.64. The monoisotopic (exact) mass is 444 g/mol. The van der Waals surface area contributed by atoms with Crippen molar-refractivity contribution >= 4 is 11.1 Å². The van der Waals surface area contributed by atoms with Gasteiger partial charge in [0.1, 0.15) is 35.2 Å². The van der Waals surface area contributed by atoms with Gasteiger partial charge in [0.2, 0.25) is 0 Å². The van der Waals surface area contributed by atoms with E-state index < -0.39 is 12.2 Å². The van der Waals surface area contributed by atoms with E-state index in [1.165, 1.54) is 0 Å². The maximum Gasteiger partial charge on any atom is 0.150 e. The number of phenolic OH excluding ortho intramolecular Hbond substituents is 2. The van der Waals surface area contributed by atoms with Gasteiger partial charge in [-0.05, 0) is 73.0 Å². The fourth-order valence-corrected chi connectivity index (χ4v) is 4.56. The van der Waals surface area contributed by atoms with Crippen LogP contribution in [0.2, 0.25) is 0 Å². The average molecular weight is 445 g/mol. The summed E-state index contributed by atoms with van der Waals surface area (Å²) in [6, 6.07) is 20.0. The van der Waals surface area contributed by atoms with Crippen LogP contribution in [0.15, 0.2) is 66.7 Å². The molecule has 1 atom stereocenters. The zero-order valence-corrected chi connectivity index (χ0v) is 18.9. The van der Waals surface area contributed by atoms with Crippen molar-refractivity contribution in [3.63, 3.8) is 0 Å². The minimum absolute atomic E-state index is 0.153. The Labute approximate surface area is 195 Å². The first-order valence-corrected chi connectivity index (χ1v) is 11.4. The molecule has 2 N–H and O–H groups in total. The Bertz CT molecular complexity index is 1210. The van der Waals surface area contributed by atoms with Crippen LogP contribution in [0.4, 0.5) is 0 Å². The molecule has 33 heavy (non-hydrogen) atoms. The largest absolute Gasteiger partial charge is 0.508 e. The molecule has 5 nitrogen and oxygen atoms in total. The highest BCUT2D eigenvalue weighted by Gasteiger charge is 2.30. The van der Waals surface area contributed by atoms with Gasteiger partial charge in [-0.3, -0.25) is 4.90 Å². The lowest BCUT2D eigenvalue weighted by Crippen LogP contribution is -2.53. The molecule has 2 heterocycles. The molecule has 0 spiro atoms. The molecule has 0 saturated carbocycles. The van der Waals surface area contributed by atoms with Crippen molar-refractivity contribution in [2.75, 3.05) is 19.6 Å². The fraction of sp³-hybridized carbons (Fsp3) is 0.286. The summed E-state index contributed by atoms with van der Waals surface area (Å²) in [5.41, 5.74) is 4.86. The lowest BCUT2D eigenvalue weighted by molar-refractivity contribution is 0.0202. The zero-order chi connectivity index (χ0) is 23.9. The summed E-state index contributed by atoms with van der Waals surface area (Å²) >= 11 is 0. The van der Waals surface area contributed by atoms with E-state index in [0.717, 1.165) is 40.8 Å². The molecule has 2 aliphatic rings. The van der Waals surface area contributed by atoms with Crippen molar-refractivity contribution in [1.29, 1.82) is 0 Å². The second-order valence-corrected chi connectivity index (χ2v) is 8.68. The van der Waals surface area contributed by atoms with Crippen LogP contribution in [0.3, 0.4) is 0 Å². The number of phenols is 2. The number of fused-ring (bicyclic) bond motifs is 1. The predicted molar refractivity (Wildman–Crippen MR) is 130 cm³/mol. The van der Waals surface area contributed by atoms with E-state index in [0.29, 0.717) is 24.6 Å². The Hall–Kier alpha value is -3.44. The summed E-state index contributed by atoms with van der Waals surface area (Å²) in [5, 5.41) is 19.8. The molecule has 3 aromatic carbocycles. The van der Waals surface area contributed by atoms with Crippen LogP contribution in [0.1, 0.15) is 44.4 Å². The van der Waals surface area contributed by atoms with Gasteiger partial charge in [0.05, 0.1) is 1.37 Å². The molecule has 2 aliphatic heterocycles. The summed E-state index contributed by atoms with van der Waals surface area (Å²) in [5.74, 6) is 1.65. The molecule has 1 unspecified atom stereocenters. The van der Waals surface area contributed by atoms with E-state index in [2.05, 4.69) is 11.8 Å². The lowest BCUT2D eigenvalue weighted by Gasteiger charge is -2.38. The van der Waals surface area contributed by atoms with Gasteiger partial charge in [-0.25, -0.2) is 0 Å². The van der Waals surface area contributed by atoms with Crippen LogP contribution in [0.25, 0.3) is 11.1 Å². The van der Waals surface area contributed by atoms with Crippen LogP contribution in [0.5, 0.6) is 23.0 Å². The lowest BCUT2D eigenvalue weighted by atomic mass is 9.86. The number of likely N-dealkylation sites (tertiary alicyclic amines) is 1. The summed E-state index contributed by atoms with van der Waals surface area (Å²) < 4.78 is 20.9. The molecular weight excluding hydrogens is 414 g/mol. The van der Waals surface area contributed by atoms with Crippen molar-refractivity contribution in [1.82, 2.24) is 4.90 Å². The SMILES string of the molecule is [2H]C1(Oc2ccc(C3Oc4cc(O)ccc4C(C)=C3c3ccc(O)cc3)cc2)CN(CCC)C1. The first kappa shape index (κ1) is 20.2. The Morgan fingerprint density at radius 2 is 1.70 bits per heavy atom. The molecule has 170 valence electrons. The molecular formula is C28H29NO4. The van der Waals surface area contributed by atoms with Gasteiger partial charge in [0.25, 0.3) is 0 Å². The van der Waals surface area contributed by atoms with E-state index in [-0.39, 0.29) is 11.5 Å². The highest BCUT2D eigenvalue weighted by atomic mass is 16.5. The number of rotatable bonds is 6. The molecule has 1 fully saturated rings. The number of hydrogen-bond acceptors (Lipinski definition) is 5. The van der Waals surface area contributed by atoms with Gasteiger partial charge in [-0.15, -0.1) is 0 Å². The van der Waals surface area contributed by atoms with Crippen LogP contribution in [0, 0.1) is 0 Å². The maximum atomic E-state index is 10.0. The standard InChI is InChI=1S/C28H29NO4/c1-3-14-29-16-24(17-29)32-23-11-6-20(7-12-23)28-27(19-4-8-21(30)9-5-19)18(2)25-13-10-22(31)15-26(25)33-28/h4-13,15,24,28,30-31H,3,14,16-17H2,1-2H3/i24D. The van der Waals surface area contributed by atoms with Crippen molar-refractivity contribution in [3.05, 3.63) is 83.4 Å². The Morgan fingerprint density at radius 3 is 2.39 bits per heavy atom. The van der Waals surface area contributed by atoms with Crippen LogP contribution in [-0.4, -0.2) is 40.8 Å². The average Bonchev–Trinajstić information content (AvgIpc) is 2.79. The summed E-state index contributed by atoms with van der Waals surface area (Å²) in [7, 11) is 0. The van der Waals surface area contributed by atoms with Crippen molar-refractivity contribution in [3.8, 4) is 23.0 Å². The number of allylic oxidation sites excluding steroid dienone is 1. The molecule has 0 aliphatic carbocycles. The zero-order valence-electron chi connectivity index (χ0n) is 19.9. The molecule has 0 radical (unpaired) electrons. The number of ether oxygens (including phenoxy) is 2. The topological polar surface area (TPSA) is 62.2 Å². The minimum atomic E-state index is -0.901. The number of benzene rings is 3. The smallest absolute Gasteiger partial charge is 0.150 e.